The van der Waals surface area contributed by atoms with Gasteiger partial charge in [0.1, 0.15) is 11.5 Å². The highest BCUT2D eigenvalue weighted by atomic mass is 16.5. The molecule has 0 saturated carbocycles. The van der Waals surface area contributed by atoms with Gasteiger partial charge in [0.05, 0.1) is 5.41 Å². The maximum Gasteiger partial charge on any atom is 0.140 e. The van der Waals surface area contributed by atoms with Gasteiger partial charge in [0.2, 0.25) is 0 Å². The first-order valence-corrected chi connectivity index (χ1v) is 22.9. The monoisotopic (exact) mass is 845 g/mol. The lowest BCUT2D eigenvalue weighted by Crippen LogP contribution is -2.34. The molecule has 0 radical (unpaired) electrons. The first kappa shape index (κ1) is 39.4. The molecule has 1 aliphatic carbocycles. The summed E-state index contributed by atoms with van der Waals surface area (Å²) >= 11 is 0. The molecular formula is C64H47NO. The number of benzene rings is 10. The van der Waals surface area contributed by atoms with Gasteiger partial charge in [-0.25, -0.2) is 0 Å². The minimum atomic E-state index is -0.660. The average Bonchev–Trinajstić information content (AvgIpc) is 3.63. The van der Waals surface area contributed by atoms with Crippen LogP contribution in [0.15, 0.2) is 249 Å². The second-order valence-corrected chi connectivity index (χ2v) is 18.0. The Kier molecular flexibility index (Phi) is 9.43. The van der Waals surface area contributed by atoms with Gasteiger partial charge in [0, 0.05) is 44.7 Å². The second-order valence-electron chi connectivity index (χ2n) is 18.0. The summed E-state index contributed by atoms with van der Waals surface area (Å²) in [7, 11) is 0. The molecule has 0 atom stereocenters. The van der Waals surface area contributed by atoms with Gasteiger partial charge < -0.3 is 9.64 Å². The van der Waals surface area contributed by atoms with Crippen molar-refractivity contribution in [2.75, 3.05) is 4.90 Å². The lowest BCUT2D eigenvalue weighted by molar-refractivity contribution is 0.437. The van der Waals surface area contributed by atoms with Crippen molar-refractivity contribution in [3.63, 3.8) is 0 Å². The number of rotatable bonds is 8. The topological polar surface area (TPSA) is 12.5 Å². The summed E-state index contributed by atoms with van der Waals surface area (Å²) in [6, 6.07) is 90.3. The fourth-order valence-corrected chi connectivity index (χ4v) is 10.8. The van der Waals surface area contributed by atoms with Gasteiger partial charge in [0.15, 0.2) is 0 Å². The molecule has 0 saturated heterocycles. The zero-order valence-corrected chi connectivity index (χ0v) is 37.0. The van der Waals surface area contributed by atoms with E-state index in [2.05, 4.69) is 267 Å². The predicted octanol–water partition coefficient (Wildman–Crippen LogP) is 17.0. The van der Waals surface area contributed by atoms with Gasteiger partial charge >= 0.3 is 0 Å². The Hall–Kier alpha value is -8.20. The number of hydrogen-bond acceptors (Lipinski definition) is 2. The third kappa shape index (κ3) is 6.25. The Morgan fingerprint density at radius 1 is 0.303 bits per heavy atom. The number of anilines is 3. The molecule has 0 aromatic heterocycles. The number of nitrogens with zero attached hydrogens (tertiary/aromatic N) is 1. The van der Waals surface area contributed by atoms with E-state index < -0.39 is 5.41 Å². The van der Waals surface area contributed by atoms with Crippen molar-refractivity contribution in [1.29, 1.82) is 0 Å². The third-order valence-corrected chi connectivity index (χ3v) is 14.0. The van der Waals surface area contributed by atoms with Gasteiger partial charge in [-0.2, -0.15) is 0 Å². The van der Waals surface area contributed by atoms with Crippen LogP contribution >= 0.6 is 0 Å². The van der Waals surface area contributed by atoms with Crippen molar-refractivity contribution >= 4 is 17.1 Å². The van der Waals surface area contributed by atoms with Gasteiger partial charge in [-0.05, 0) is 92.0 Å². The normalized spacial score (nSPS) is 13.7. The summed E-state index contributed by atoms with van der Waals surface area (Å²) in [5.41, 5.74) is 19.0. The largest absolute Gasteiger partial charge is 0.455 e. The molecule has 0 N–H and O–H groups in total. The molecule has 0 fully saturated rings. The third-order valence-electron chi connectivity index (χ3n) is 14.0. The highest BCUT2D eigenvalue weighted by Gasteiger charge is 2.49. The quantitative estimate of drug-likeness (QED) is 0.151. The van der Waals surface area contributed by atoms with Crippen LogP contribution in [0, 0.1) is 0 Å². The minimum absolute atomic E-state index is 0.183. The molecule has 66 heavy (non-hydrogen) atoms. The zero-order chi connectivity index (χ0) is 44.2. The van der Waals surface area contributed by atoms with Crippen molar-refractivity contribution in [3.05, 3.63) is 282 Å². The fourth-order valence-electron chi connectivity index (χ4n) is 10.8. The van der Waals surface area contributed by atoms with E-state index in [0.717, 1.165) is 50.8 Å². The molecule has 1 heterocycles. The van der Waals surface area contributed by atoms with Crippen LogP contribution in [0.25, 0.3) is 44.5 Å². The molecule has 1 aliphatic heterocycles. The minimum Gasteiger partial charge on any atom is -0.455 e. The average molecular weight is 846 g/mol. The zero-order valence-electron chi connectivity index (χ0n) is 37.0. The van der Waals surface area contributed by atoms with Crippen LogP contribution < -0.4 is 9.64 Å². The van der Waals surface area contributed by atoms with Crippen LogP contribution in [-0.2, 0) is 10.8 Å². The van der Waals surface area contributed by atoms with Crippen molar-refractivity contribution in [1.82, 2.24) is 0 Å². The van der Waals surface area contributed by atoms with E-state index in [1.165, 1.54) is 55.6 Å². The van der Waals surface area contributed by atoms with E-state index >= 15 is 0 Å². The molecule has 2 heteroatoms. The fraction of sp³-hybridized carbons (Fsp3) is 0.0625. The summed E-state index contributed by atoms with van der Waals surface area (Å²) in [5.74, 6) is 1.81. The molecule has 0 bridgehead atoms. The molecule has 10 aromatic rings. The maximum atomic E-state index is 7.56. The highest BCUT2D eigenvalue weighted by Crippen LogP contribution is 2.63. The Morgan fingerprint density at radius 2 is 0.697 bits per heavy atom. The van der Waals surface area contributed by atoms with Crippen LogP contribution in [0.4, 0.5) is 17.1 Å². The van der Waals surface area contributed by atoms with E-state index in [4.69, 9.17) is 4.74 Å². The molecule has 0 spiro atoms. The van der Waals surface area contributed by atoms with E-state index in [-0.39, 0.29) is 5.41 Å². The van der Waals surface area contributed by atoms with Crippen LogP contribution in [0.2, 0.25) is 0 Å². The molecule has 2 nitrogen and oxygen atoms in total. The lowest BCUT2D eigenvalue weighted by Gasteiger charge is -2.43. The summed E-state index contributed by atoms with van der Waals surface area (Å²) < 4.78 is 7.56. The molecule has 314 valence electrons. The molecular weight excluding hydrogens is 799 g/mol. The van der Waals surface area contributed by atoms with Crippen LogP contribution in [0.1, 0.15) is 47.2 Å². The SMILES string of the molecule is CC1(C)c2ccccc2-c2c1ccc1c2Oc2c(-c3ccc(N(c4ccc(-c5ccccc5)cc4)c4ccc(-c5ccccc5)cc4)cc3)cccc2C1(c1ccccc1)c1ccccc1. The number of ether oxygens (including phenoxy) is 1. The highest BCUT2D eigenvalue weighted by molar-refractivity contribution is 5.91. The molecule has 12 rings (SSSR count). The number of fused-ring (bicyclic) bond motifs is 6. The van der Waals surface area contributed by atoms with Gasteiger partial charge in [-0.15, -0.1) is 0 Å². The van der Waals surface area contributed by atoms with Crippen molar-refractivity contribution in [3.8, 4) is 56.0 Å². The standard InChI is InChI=1S/C64H47NO/c1-63(2)56-28-16-15-26-55(56)60-57(63)42-43-59-62(60)66-61-54(27-17-29-58(61)64(59,49-22-11-5-12-23-49)50-24-13-6-14-25-50)48-34-40-53(41-35-48)65(51-36-30-46(31-37-51)44-18-7-3-8-19-44)52-38-32-47(33-39-52)45-20-9-4-10-21-45/h3-43H,1-2H3. The molecule has 10 aromatic carbocycles. The van der Waals surface area contributed by atoms with Crippen LogP contribution in [0.5, 0.6) is 11.5 Å². The van der Waals surface area contributed by atoms with Crippen LogP contribution in [-0.4, -0.2) is 0 Å². The second kappa shape index (κ2) is 15.8. The van der Waals surface area contributed by atoms with Gasteiger partial charge in [-0.3, -0.25) is 0 Å². The van der Waals surface area contributed by atoms with E-state index in [9.17, 15) is 0 Å². The van der Waals surface area contributed by atoms with E-state index in [1.807, 2.05) is 0 Å². The van der Waals surface area contributed by atoms with Gasteiger partial charge in [-0.1, -0.05) is 226 Å². The number of hydrogen-bond donors (Lipinski definition) is 0. The lowest BCUT2D eigenvalue weighted by atomic mass is 9.62. The van der Waals surface area contributed by atoms with Crippen molar-refractivity contribution < 1.29 is 4.74 Å². The summed E-state index contributed by atoms with van der Waals surface area (Å²) in [5, 5.41) is 0. The smallest absolute Gasteiger partial charge is 0.140 e. The Bertz CT molecular complexity index is 3240. The molecule has 0 unspecified atom stereocenters. The number of para-hydroxylation sites is 1. The predicted molar refractivity (Wildman–Crippen MR) is 273 cm³/mol. The van der Waals surface area contributed by atoms with Crippen molar-refractivity contribution in [2.24, 2.45) is 0 Å². The Balaban J connectivity index is 1.03. The van der Waals surface area contributed by atoms with Crippen molar-refractivity contribution in [2.45, 2.75) is 24.7 Å². The summed E-state index contributed by atoms with van der Waals surface area (Å²) in [6.07, 6.45) is 0. The molecule has 0 amide bonds. The summed E-state index contributed by atoms with van der Waals surface area (Å²) in [6.45, 7) is 4.68. The first-order chi connectivity index (χ1) is 32.5. The summed E-state index contributed by atoms with van der Waals surface area (Å²) in [4.78, 5) is 2.35. The maximum absolute atomic E-state index is 7.56. The first-order valence-electron chi connectivity index (χ1n) is 22.9. The van der Waals surface area contributed by atoms with Crippen LogP contribution in [0.3, 0.4) is 0 Å². The van der Waals surface area contributed by atoms with Gasteiger partial charge in [0.25, 0.3) is 0 Å². The van der Waals surface area contributed by atoms with E-state index in [0.29, 0.717) is 0 Å². The molecule has 2 aliphatic rings. The Morgan fingerprint density at radius 3 is 1.23 bits per heavy atom. The van der Waals surface area contributed by atoms with E-state index in [1.54, 1.807) is 0 Å². The Labute approximate surface area is 387 Å².